The van der Waals surface area contributed by atoms with Crippen LogP contribution >= 0.6 is 0 Å². The van der Waals surface area contributed by atoms with Gasteiger partial charge in [0.05, 0.1) is 33.1 Å². The number of Topliss-reactive ketones (excluding diaryl/α,β-unsaturated/α-hetero) is 1. The van der Waals surface area contributed by atoms with Crippen LogP contribution in [0.15, 0.2) is 30.3 Å². The van der Waals surface area contributed by atoms with Gasteiger partial charge in [-0.25, -0.2) is 0 Å². The topological polar surface area (TPSA) is 17.1 Å². The molecule has 1 fully saturated rings. The van der Waals surface area contributed by atoms with Crippen molar-refractivity contribution in [2.75, 3.05) is 27.2 Å². The van der Waals surface area contributed by atoms with Crippen LogP contribution in [-0.4, -0.2) is 37.5 Å². The van der Waals surface area contributed by atoms with Crippen molar-refractivity contribution in [3.05, 3.63) is 35.9 Å². The van der Waals surface area contributed by atoms with Crippen molar-refractivity contribution < 1.29 is 9.28 Å². The van der Waals surface area contributed by atoms with Gasteiger partial charge in [0.25, 0.3) is 0 Å². The minimum absolute atomic E-state index is 0.214. The number of rotatable bonds is 2. The summed E-state index contributed by atoms with van der Waals surface area (Å²) in [6, 6.07) is 9.69. The van der Waals surface area contributed by atoms with Gasteiger partial charge in [-0.2, -0.15) is 0 Å². The quantitative estimate of drug-likeness (QED) is 0.550. The summed E-state index contributed by atoms with van der Waals surface area (Å²) in [6.07, 6.45) is 2.21. The smallest absolute Gasteiger partial charge is 0.171 e. The fourth-order valence-corrected chi connectivity index (χ4v) is 2.60. The standard InChI is InChI=1S/C14H20NO/c1-15(2)10-6-9-13(11-15)14(16)12-7-4-3-5-8-12/h3-5,7-8,13H,6,9-11H2,1-2H3/q+1. The van der Waals surface area contributed by atoms with E-state index in [1.54, 1.807) is 0 Å². The molecule has 0 N–H and O–H groups in total. The monoisotopic (exact) mass is 218 g/mol. The Hall–Kier alpha value is -1.15. The summed E-state index contributed by atoms with van der Waals surface area (Å²) >= 11 is 0. The van der Waals surface area contributed by atoms with E-state index in [1.165, 1.54) is 6.54 Å². The Labute approximate surface area is 97.5 Å². The third-order valence-electron chi connectivity index (χ3n) is 3.46. The average molecular weight is 218 g/mol. The highest BCUT2D eigenvalue weighted by atomic mass is 16.1. The van der Waals surface area contributed by atoms with E-state index >= 15 is 0 Å². The molecular weight excluding hydrogens is 198 g/mol. The van der Waals surface area contributed by atoms with Crippen LogP contribution in [0.1, 0.15) is 23.2 Å². The molecule has 2 nitrogen and oxygen atoms in total. The molecule has 2 heteroatoms. The Morgan fingerprint density at radius 2 is 1.94 bits per heavy atom. The number of likely N-dealkylation sites (tertiary alicyclic amines) is 1. The molecule has 0 spiro atoms. The molecule has 1 aromatic rings. The first kappa shape index (κ1) is 11.3. The normalized spacial score (nSPS) is 24.0. The summed E-state index contributed by atoms with van der Waals surface area (Å²) in [7, 11) is 4.43. The van der Waals surface area contributed by atoms with E-state index in [0.29, 0.717) is 5.78 Å². The second-order valence-corrected chi connectivity index (χ2v) is 5.41. The lowest BCUT2D eigenvalue weighted by atomic mass is 9.89. The highest BCUT2D eigenvalue weighted by molar-refractivity contribution is 5.97. The van der Waals surface area contributed by atoms with E-state index in [9.17, 15) is 4.79 Å². The van der Waals surface area contributed by atoms with Gasteiger partial charge in [-0.3, -0.25) is 4.79 Å². The second-order valence-electron chi connectivity index (χ2n) is 5.41. The molecule has 1 aliphatic rings. The maximum absolute atomic E-state index is 12.3. The summed E-state index contributed by atoms with van der Waals surface area (Å²) in [5.74, 6) is 0.539. The number of nitrogens with zero attached hydrogens (tertiary/aromatic N) is 1. The molecule has 1 atom stereocenters. The Kier molecular flexibility index (Phi) is 3.10. The zero-order valence-electron chi connectivity index (χ0n) is 10.1. The number of carbonyl (C=O) groups excluding carboxylic acids is 1. The minimum Gasteiger partial charge on any atom is -0.328 e. The molecule has 2 rings (SSSR count). The second kappa shape index (κ2) is 4.38. The maximum Gasteiger partial charge on any atom is 0.171 e. The molecule has 1 heterocycles. The van der Waals surface area contributed by atoms with Gasteiger partial charge in [-0.1, -0.05) is 30.3 Å². The molecule has 1 unspecified atom stereocenters. The summed E-state index contributed by atoms with van der Waals surface area (Å²) in [5.41, 5.74) is 0.870. The first-order valence-electron chi connectivity index (χ1n) is 6.00. The van der Waals surface area contributed by atoms with Crippen LogP contribution in [0.5, 0.6) is 0 Å². The van der Waals surface area contributed by atoms with E-state index in [4.69, 9.17) is 0 Å². The largest absolute Gasteiger partial charge is 0.328 e. The van der Waals surface area contributed by atoms with Gasteiger partial charge in [0.1, 0.15) is 0 Å². The molecule has 0 bridgehead atoms. The maximum atomic E-state index is 12.3. The van der Waals surface area contributed by atoms with E-state index in [-0.39, 0.29) is 5.92 Å². The zero-order valence-corrected chi connectivity index (χ0v) is 10.1. The highest BCUT2D eigenvalue weighted by Crippen LogP contribution is 2.23. The number of piperidine rings is 1. The predicted octanol–water partition coefficient (Wildman–Crippen LogP) is 2.36. The number of carbonyl (C=O) groups is 1. The molecule has 0 aromatic heterocycles. The van der Waals surface area contributed by atoms with Crippen molar-refractivity contribution in [1.82, 2.24) is 0 Å². The number of benzene rings is 1. The summed E-state index contributed by atoms with van der Waals surface area (Å²) in [5, 5.41) is 0. The van der Waals surface area contributed by atoms with E-state index in [2.05, 4.69) is 14.1 Å². The Morgan fingerprint density at radius 3 is 2.56 bits per heavy atom. The van der Waals surface area contributed by atoms with E-state index in [1.807, 2.05) is 30.3 Å². The molecule has 1 aromatic carbocycles. The number of ketones is 1. The molecular formula is C14H20NO+. The van der Waals surface area contributed by atoms with Gasteiger partial charge in [0.15, 0.2) is 5.78 Å². The Bertz CT molecular complexity index is 370. The average Bonchev–Trinajstić information content (AvgIpc) is 2.28. The molecule has 86 valence electrons. The Morgan fingerprint density at radius 1 is 1.25 bits per heavy atom. The third-order valence-corrected chi connectivity index (χ3v) is 3.46. The SMILES string of the molecule is C[N+]1(C)CCCC(C(=O)c2ccccc2)C1. The molecule has 16 heavy (non-hydrogen) atoms. The van der Waals surface area contributed by atoms with Crippen LogP contribution < -0.4 is 0 Å². The molecule has 1 aliphatic heterocycles. The van der Waals surface area contributed by atoms with E-state index in [0.717, 1.165) is 29.4 Å². The van der Waals surface area contributed by atoms with Gasteiger partial charge >= 0.3 is 0 Å². The van der Waals surface area contributed by atoms with Crippen molar-refractivity contribution >= 4 is 5.78 Å². The zero-order chi connectivity index (χ0) is 11.6. The number of hydrogen-bond acceptors (Lipinski definition) is 1. The van der Waals surface area contributed by atoms with Gasteiger partial charge in [-0.15, -0.1) is 0 Å². The molecule has 0 saturated carbocycles. The van der Waals surface area contributed by atoms with Gasteiger partial charge in [0, 0.05) is 5.56 Å². The lowest BCUT2D eigenvalue weighted by Crippen LogP contribution is -2.49. The van der Waals surface area contributed by atoms with Crippen LogP contribution in [0.4, 0.5) is 0 Å². The van der Waals surface area contributed by atoms with Crippen molar-refractivity contribution in [2.24, 2.45) is 5.92 Å². The van der Waals surface area contributed by atoms with Crippen molar-refractivity contribution in [1.29, 1.82) is 0 Å². The Balaban J connectivity index is 2.11. The van der Waals surface area contributed by atoms with Gasteiger partial charge < -0.3 is 4.48 Å². The fourth-order valence-electron chi connectivity index (χ4n) is 2.60. The van der Waals surface area contributed by atoms with Crippen LogP contribution in [0, 0.1) is 5.92 Å². The first-order valence-corrected chi connectivity index (χ1v) is 6.00. The van der Waals surface area contributed by atoms with Crippen molar-refractivity contribution in [2.45, 2.75) is 12.8 Å². The fraction of sp³-hybridized carbons (Fsp3) is 0.500. The lowest BCUT2D eigenvalue weighted by Gasteiger charge is -2.37. The van der Waals surface area contributed by atoms with Crippen LogP contribution in [0.2, 0.25) is 0 Å². The summed E-state index contributed by atoms with van der Waals surface area (Å²) < 4.78 is 0.975. The van der Waals surface area contributed by atoms with Gasteiger partial charge in [0.2, 0.25) is 0 Å². The summed E-state index contributed by atoms with van der Waals surface area (Å²) in [6.45, 7) is 2.17. The minimum atomic E-state index is 0.214. The molecule has 0 aliphatic carbocycles. The van der Waals surface area contributed by atoms with Crippen LogP contribution in [0.25, 0.3) is 0 Å². The van der Waals surface area contributed by atoms with Crippen LogP contribution in [-0.2, 0) is 0 Å². The van der Waals surface area contributed by atoms with Crippen LogP contribution in [0.3, 0.4) is 0 Å². The number of quaternary nitrogens is 1. The van der Waals surface area contributed by atoms with Crippen molar-refractivity contribution in [3.63, 3.8) is 0 Å². The molecule has 0 radical (unpaired) electrons. The van der Waals surface area contributed by atoms with E-state index < -0.39 is 0 Å². The molecule has 0 amide bonds. The highest BCUT2D eigenvalue weighted by Gasteiger charge is 2.32. The first-order chi connectivity index (χ1) is 7.58. The lowest BCUT2D eigenvalue weighted by molar-refractivity contribution is -0.897. The van der Waals surface area contributed by atoms with Crippen molar-refractivity contribution in [3.8, 4) is 0 Å². The predicted molar refractivity (Wildman–Crippen MR) is 65.3 cm³/mol. The third kappa shape index (κ3) is 2.50. The molecule has 1 saturated heterocycles. The summed E-state index contributed by atoms with van der Waals surface area (Å²) in [4.78, 5) is 12.3. The van der Waals surface area contributed by atoms with Gasteiger partial charge in [-0.05, 0) is 12.8 Å². The number of hydrogen-bond donors (Lipinski definition) is 0.